The van der Waals surface area contributed by atoms with Crippen LogP contribution in [0.1, 0.15) is 5.56 Å². The van der Waals surface area contributed by atoms with Gasteiger partial charge in [0.25, 0.3) is 0 Å². The Morgan fingerprint density at radius 2 is 2.00 bits per heavy atom. The predicted octanol–water partition coefficient (Wildman–Crippen LogP) is 3.10. The molecule has 1 unspecified atom stereocenters. The molecule has 0 saturated heterocycles. The molecule has 0 spiro atoms. The lowest BCUT2D eigenvalue weighted by Crippen LogP contribution is -2.13. The Hall–Kier alpha value is -2.03. The van der Waals surface area contributed by atoms with Crippen LogP contribution in [0.15, 0.2) is 52.4 Å². The number of phenolic OH excluding ortho intramolecular Hbond substituents is 2. The van der Waals surface area contributed by atoms with Gasteiger partial charge in [-0.2, -0.15) is 11.8 Å². The SMILES string of the molecule is CSC[C@H](Cc1ccc(O)c(S(=O)O)c1)N=CCOc1ccccc1O. The van der Waals surface area contributed by atoms with E-state index in [0.717, 1.165) is 11.3 Å². The summed E-state index contributed by atoms with van der Waals surface area (Å²) < 4.78 is 25.9. The number of nitrogens with zero attached hydrogens (tertiary/aromatic N) is 1. The molecule has 8 heteroatoms. The van der Waals surface area contributed by atoms with E-state index in [0.29, 0.717) is 12.2 Å². The smallest absolute Gasteiger partial charge is 0.190 e. The van der Waals surface area contributed by atoms with Gasteiger partial charge in [-0.25, -0.2) is 4.21 Å². The highest BCUT2D eigenvalue weighted by Gasteiger charge is 2.12. The number of rotatable bonds is 9. The molecule has 0 fully saturated rings. The first-order chi connectivity index (χ1) is 12.5. The normalized spacial score (nSPS) is 13.6. The Kier molecular flexibility index (Phi) is 7.96. The number of benzene rings is 2. The Balaban J connectivity index is 1.99. The van der Waals surface area contributed by atoms with Crippen LogP contribution < -0.4 is 4.74 Å². The van der Waals surface area contributed by atoms with Crippen LogP contribution >= 0.6 is 11.8 Å². The molecule has 0 bridgehead atoms. The molecule has 0 aliphatic heterocycles. The summed E-state index contributed by atoms with van der Waals surface area (Å²) in [5.74, 6) is 1.05. The van der Waals surface area contributed by atoms with E-state index in [9.17, 15) is 19.0 Å². The van der Waals surface area contributed by atoms with Crippen molar-refractivity contribution < 1.29 is 23.7 Å². The molecule has 0 aliphatic carbocycles. The highest BCUT2D eigenvalue weighted by Crippen LogP contribution is 2.24. The van der Waals surface area contributed by atoms with Crippen LogP contribution in [-0.4, -0.2) is 49.8 Å². The summed E-state index contributed by atoms with van der Waals surface area (Å²) in [6.07, 6.45) is 4.20. The zero-order valence-electron chi connectivity index (χ0n) is 14.2. The molecule has 140 valence electrons. The molecule has 0 aromatic heterocycles. The second-order valence-electron chi connectivity index (χ2n) is 5.47. The van der Waals surface area contributed by atoms with E-state index < -0.39 is 11.1 Å². The van der Waals surface area contributed by atoms with Crippen LogP contribution in [0.4, 0.5) is 0 Å². The van der Waals surface area contributed by atoms with Gasteiger partial charge in [0.05, 0.1) is 6.04 Å². The van der Waals surface area contributed by atoms with Gasteiger partial charge in [-0.1, -0.05) is 18.2 Å². The Bertz CT molecular complexity index is 782. The second kappa shape index (κ2) is 10.2. The summed E-state index contributed by atoms with van der Waals surface area (Å²) in [5.41, 5.74) is 0.818. The van der Waals surface area contributed by atoms with Crippen LogP contribution in [0.2, 0.25) is 0 Å². The standard InChI is InChI=1S/C18H21NO5S2/c1-25-12-14(10-13-6-7-16(21)18(11-13)26(22)23)19-8-9-24-17-5-3-2-4-15(17)20/h2-8,11,14,20-21H,9-10,12H2,1H3,(H,22,23)/t14-/m0/s1. The number of ether oxygens (including phenoxy) is 1. The van der Waals surface area contributed by atoms with Gasteiger partial charge in [0.2, 0.25) is 0 Å². The second-order valence-corrected chi connectivity index (χ2v) is 7.32. The van der Waals surface area contributed by atoms with E-state index >= 15 is 0 Å². The Morgan fingerprint density at radius 1 is 1.23 bits per heavy atom. The van der Waals surface area contributed by atoms with E-state index in [1.54, 1.807) is 48.3 Å². The third kappa shape index (κ3) is 6.05. The number of phenols is 2. The molecule has 2 aromatic rings. The molecular weight excluding hydrogens is 374 g/mol. The van der Waals surface area contributed by atoms with Gasteiger partial charge in [0.1, 0.15) is 17.3 Å². The number of hydrogen-bond acceptors (Lipinski definition) is 6. The zero-order chi connectivity index (χ0) is 18.9. The molecular formula is C18H21NO5S2. The minimum absolute atomic E-state index is 0.00253. The lowest BCUT2D eigenvalue weighted by Gasteiger charge is -2.12. The molecule has 26 heavy (non-hydrogen) atoms. The largest absolute Gasteiger partial charge is 0.507 e. The van der Waals surface area contributed by atoms with E-state index in [2.05, 4.69) is 4.99 Å². The number of para-hydroxylation sites is 2. The summed E-state index contributed by atoms with van der Waals surface area (Å²) in [6.45, 7) is 0.226. The third-order valence-electron chi connectivity index (χ3n) is 3.54. The molecule has 0 amide bonds. The summed E-state index contributed by atoms with van der Waals surface area (Å²) in [5, 5.41) is 19.3. The van der Waals surface area contributed by atoms with E-state index in [1.165, 1.54) is 12.1 Å². The minimum Gasteiger partial charge on any atom is -0.507 e. The fourth-order valence-electron chi connectivity index (χ4n) is 2.34. The zero-order valence-corrected chi connectivity index (χ0v) is 15.9. The van der Waals surface area contributed by atoms with Crippen LogP contribution in [-0.2, 0) is 17.5 Å². The Labute approximate surface area is 159 Å². The van der Waals surface area contributed by atoms with Crippen molar-refractivity contribution in [3.63, 3.8) is 0 Å². The molecule has 0 saturated carbocycles. The predicted molar refractivity (Wildman–Crippen MR) is 105 cm³/mol. The Morgan fingerprint density at radius 3 is 2.69 bits per heavy atom. The molecule has 2 rings (SSSR count). The lowest BCUT2D eigenvalue weighted by atomic mass is 10.1. The van der Waals surface area contributed by atoms with Gasteiger partial charge in [0, 0.05) is 12.0 Å². The van der Waals surface area contributed by atoms with Crippen molar-refractivity contribution in [2.24, 2.45) is 4.99 Å². The van der Waals surface area contributed by atoms with Crippen LogP contribution in [0, 0.1) is 0 Å². The first-order valence-corrected chi connectivity index (χ1v) is 10.4. The number of aliphatic imine (C=N–C) groups is 1. The van der Waals surface area contributed by atoms with Gasteiger partial charge in [-0.05, 0) is 42.5 Å². The van der Waals surface area contributed by atoms with Gasteiger partial charge in [-0.15, -0.1) is 0 Å². The van der Waals surface area contributed by atoms with Crippen molar-refractivity contribution in [1.82, 2.24) is 0 Å². The summed E-state index contributed by atoms with van der Waals surface area (Å²) >= 11 is -0.591. The molecule has 0 aliphatic rings. The average molecular weight is 396 g/mol. The van der Waals surface area contributed by atoms with Crippen molar-refractivity contribution in [1.29, 1.82) is 0 Å². The highest BCUT2D eigenvalue weighted by atomic mass is 32.2. The third-order valence-corrected chi connectivity index (χ3v) is 4.96. The van der Waals surface area contributed by atoms with E-state index in [-0.39, 0.29) is 29.0 Å². The van der Waals surface area contributed by atoms with Crippen molar-refractivity contribution in [2.75, 3.05) is 18.6 Å². The number of hydrogen-bond donors (Lipinski definition) is 3. The maximum Gasteiger partial charge on any atom is 0.190 e. The average Bonchev–Trinajstić information content (AvgIpc) is 2.61. The lowest BCUT2D eigenvalue weighted by molar-refractivity contribution is 0.349. The van der Waals surface area contributed by atoms with Gasteiger partial charge >= 0.3 is 0 Å². The monoisotopic (exact) mass is 395 g/mol. The van der Waals surface area contributed by atoms with Crippen molar-refractivity contribution >= 4 is 29.1 Å². The van der Waals surface area contributed by atoms with Gasteiger partial charge in [-0.3, -0.25) is 4.99 Å². The number of aromatic hydroxyl groups is 2. The fourth-order valence-corrected chi connectivity index (χ4v) is 3.43. The first-order valence-electron chi connectivity index (χ1n) is 7.85. The number of thioether (sulfide) groups is 1. The van der Waals surface area contributed by atoms with E-state index in [4.69, 9.17) is 4.74 Å². The summed E-state index contributed by atoms with van der Waals surface area (Å²) in [4.78, 5) is 4.49. The molecule has 0 heterocycles. The topological polar surface area (TPSA) is 99.4 Å². The maximum atomic E-state index is 11.2. The van der Waals surface area contributed by atoms with Crippen LogP contribution in [0.3, 0.4) is 0 Å². The quantitative estimate of drug-likeness (QED) is 0.446. The van der Waals surface area contributed by atoms with Gasteiger partial charge in [0.15, 0.2) is 22.6 Å². The molecule has 3 N–H and O–H groups in total. The molecule has 6 nitrogen and oxygen atoms in total. The fraction of sp³-hybridized carbons (Fsp3) is 0.278. The summed E-state index contributed by atoms with van der Waals surface area (Å²) in [7, 11) is 0. The van der Waals surface area contributed by atoms with Crippen molar-refractivity contribution in [3.05, 3.63) is 48.0 Å². The van der Waals surface area contributed by atoms with Gasteiger partial charge < -0.3 is 19.5 Å². The summed E-state index contributed by atoms with van der Waals surface area (Å²) in [6, 6.07) is 11.3. The van der Waals surface area contributed by atoms with E-state index in [1.807, 2.05) is 6.26 Å². The van der Waals surface area contributed by atoms with Crippen LogP contribution in [0.25, 0.3) is 0 Å². The van der Waals surface area contributed by atoms with Crippen molar-refractivity contribution in [3.8, 4) is 17.2 Å². The first kappa shape index (κ1) is 20.3. The van der Waals surface area contributed by atoms with Crippen LogP contribution in [0.5, 0.6) is 17.2 Å². The highest BCUT2D eigenvalue weighted by molar-refractivity contribution is 7.98. The molecule has 0 radical (unpaired) electrons. The molecule has 2 aromatic carbocycles. The van der Waals surface area contributed by atoms with Crippen molar-refractivity contribution in [2.45, 2.75) is 17.4 Å². The maximum absolute atomic E-state index is 11.2. The minimum atomic E-state index is -2.24. The molecule has 2 atom stereocenters.